The lowest BCUT2D eigenvalue weighted by atomic mass is 10.3. The van der Waals surface area contributed by atoms with Gasteiger partial charge in [0, 0.05) is 7.05 Å². The van der Waals surface area contributed by atoms with E-state index in [0.29, 0.717) is 12.4 Å². The summed E-state index contributed by atoms with van der Waals surface area (Å²) < 4.78 is 3.97. The molecule has 3 aromatic rings. The molecule has 1 aromatic carbocycles. The van der Waals surface area contributed by atoms with Crippen LogP contribution in [0.15, 0.2) is 30.6 Å². The first-order valence-electron chi connectivity index (χ1n) is 5.62. The van der Waals surface area contributed by atoms with E-state index in [1.54, 1.807) is 6.33 Å². The molecule has 0 fully saturated rings. The van der Waals surface area contributed by atoms with Gasteiger partial charge in [0.1, 0.15) is 12.2 Å². The maximum absolute atomic E-state index is 5.96. The summed E-state index contributed by atoms with van der Waals surface area (Å²) in [6, 6.07) is 7.99. The van der Waals surface area contributed by atoms with Crippen molar-refractivity contribution in [1.29, 1.82) is 0 Å². The molecule has 3 rings (SSSR count). The van der Waals surface area contributed by atoms with E-state index >= 15 is 0 Å². The summed E-state index contributed by atoms with van der Waals surface area (Å²) in [7, 11) is 1.93. The highest BCUT2D eigenvalue weighted by molar-refractivity contribution is 6.16. The summed E-state index contributed by atoms with van der Waals surface area (Å²) in [6.45, 7) is 0.624. The van der Waals surface area contributed by atoms with Gasteiger partial charge in [-0.15, -0.1) is 21.8 Å². The molecule has 0 unspecified atom stereocenters. The molecule has 92 valence electrons. The van der Waals surface area contributed by atoms with Crippen LogP contribution in [0, 0.1) is 0 Å². The summed E-state index contributed by atoms with van der Waals surface area (Å²) in [5.74, 6) is 2.11. The van der Waals surface area contributed by atoms with Crippen LogP contribution in [0.1, 0.15) is 11.6 Å². The number of hydrogen-bond donors (Lipinski definition) is 0. The summed E-state index contributed by atoms with van der Waals surface area (Å²) in [6.07, 6.45) is 1.69. The molecule has 0 N–H and O–H groups in total. The highest BCUT2D eigenvalue weighted by Gasteiger charge is 2.11. The summed E-state index contributed by atoms with van der Waals surface area (Å²) in [4.78, 5) is 4.51. The van der Waals surface area contributed by atoms with Crippen LogP contribution in [0.4, 0.5) is 0 Å². The van der Waals surface area contributed by atoms with E-state index in [-0.39, 0.29) is 0 Å². The lowest BCUT2D eigenvalue weighted by molar-refractivity contribution is 0.691. The van der Waals surface area contributed by atoms with Crippen molar-refractivity contribution in [2.45, 2.75) is 12.4 Å². The number of imidazole rings is 1. The van der Waals surface area contributed by atoms with Gasteiger partial charge < -0.3 is 9.13 Å². The number of halogens is 1. The molecule has 18 heavy (non-hydrogen) atoms. The quantitative estimate of drug-likeness (QED) is 0.677. The van der Waals surface area contributed by atoms with Crippen LogP contribution in [-0.4, -0.2) is 24.3 Å². The van der Waals surface area contributed by atoms with Gasteiger partial charge >= 0.3 is 0 Å². The van der Waals surface area contributed by atoms with Gasteiger partial charge in [0.05, 0.1) is 23.5 Å². The van der Waals surface area contributed by atoms with Gasteiger partial charge in [-0.3, -0.25) is 0 Å². The van der Waals surface area contributed by atoms with E-state index in [1.807, 2.05) is 35.9 Å². The second-order valence-electron chi connectivity index (χ2n) is 4.09. The second kappa shape index (κ2) is 4.42. The number of rotatable bonds is 3. The van der Waals surface area contributed by atoms with Crippen LogP contribution < -0.4 is 0 Å². The number of para-hydroxylation sites is 2. The number of hydrogen-bond acceptors (Lipinski definition) is 3. The number of alkyl halides is 1. The van der Waals surface area contributed by atoms with Crippen molar-refractivity contribution in [3.05, 3.63) is 42.2 Å². The number of aromatic nitrogens is 5. The molecule has 0 radical (unpaired) electrons. The average Bonchev–Trinajstić information content (AvgIpc) is 2.95. The lowest BCUT2D eigenvalue weighted by Gasteiger charge is -2.06. The molecule has 0 aliphatic carbocycles. The van der Waals surface area contributed by atoms with Crippen molar-refractivity contribution >= 4 is 22.6 Å². The molecule has 5 nitrogen and oxygen atoms in total. The van der Waals surface area contributed by atoms with Crippen molar-refractivity contribution in [1.82, 2.24) is 24.3 Å². The Hall–Kier alpha value is -1.88. The molecule has 0 aliphatic heterocycles. The Bertz CT molecular complexity index is 685. The van der Waals surface area contributed by atoms with Gasteiger partial charge in [-0.25, -0.2) is 4.98 Å². The van der Waals surface area contributed by atoms with Crippen molar-refractivity contribution in [3.8, 4) is 0 Å². The SMILES string of the molecule is Cn1cnnc1Cn1c(CCl)nc2ccccc21. The monoisotopic (exact) mass is 261 g/mol. The Morgan fingerprint density at radius 1 is 1.22 bits per heavy atom. The average molecular weight is 262 g/mol. The summed E-state index contributed by atoms with van der Waals surface area (Å²) in [5, 5.41) is 7.98. The molecule has 0 saturated heterocycles. The Balaban J connectivity index is 2.12. The van der Waals surface area contributed by atoms with E-state index < -0.39 is 0 Å². The van der Waals surface area contributed by atoms with Crippen LogP contribution in [0.2, 0.25) is 0 Å². The fourth-order valence-electron chi connectivity index (χ4n) is 2.00. The minimum atomic E-state index is 0.381. The van der Waals surface area contributed by atoms with Gasteiger partial charge in [0.15, 0.2) is 5.82 Å². The molecular weight excluding hydrogens is 250 g/mol. The van der Waals surface area contributed by atoms with Crippen LogP contribution >= 0.6 is 11.6 Å². The first-order chi connectivity index (χ1) is 8.79. The third-order valence-corrected chi connectivity index (χ3v) is 3.20. The molecule has 6 heteroatoms. The standard InChI is InChI=1S/C12H12ClN5/c1-17-8-14-16-12(17)7-18-10-5-3-2-4-9(10)15-11(18)6-13/h2-5,8H,6-7H2,1H3. The summed E-state index contributed by atoms with van der Waals surface area (Å²) in [5.41, 5.74) is 2.02. The fraction of sp³-hybridized carbons (Fsp3) is 0.250. The third-order valence-electron chi connectivity index (χ3n) is 2.96. The van der Waals surface area contributed by atoms with Gasteiger partial charge in [0.25, 0.3) is 0 Å². The third kappa shape index (κ3) is 1.76. The molecule has 0 bridgehead atoms. The molecule has 0 aliphatic rings. The van der Waals surface area contributed by atoms with Gasteiger partial charge in [-0.05, 0) is 12.1 Å². The molecule has 0 atom stereocenters. The van der Waals surface area contributed by atoms with E-state index in [1.165, 1.54) is 0 Å². The largest absolute Gasteiger partial charge is 0.319 e. The lowest BCUT2D eigenvalue weighted by Crippen LogP contribution is -2.08. The Morgan fingerprint density at radius 3 is 2.78 bits per heavy atom. The molecule has 2 aromatic heterocycles. The Kier molecular flexibility index (Phi) is 2.76. The minimum Gasteiger partial charge on any atom is -0.319 e. The van der Waals surface area contributed by atoms with Crippen LogP contribution in [-0.2, 0) is 19.5 Å². The molecule has 0 saturated carbocycles. The van der Waals surface area contributed by atoms with Gasteiger partial charge in [-0.1, -0.05) is 12.1 Å². The second-order valence-corrected chi connectivity index (χ2v) is 4.36. The molecule has 0 spiro atoms. The van der Waals surface area contributed by atoms with Crippen molar-refractivity contribution in [2.75, 3.05) is 0 Å². The predicted molar refractivity (Wildman–Crippen MR) is 69.4 cm³/mol. The normalized spacial score (nSPS) is 11.2. The number of nitrogens with zero attached hydrogens (tertiary/aromatic N) is 5. The molecule has 0 amide bonds. The van der Waals surface area contributed by atoms with Crippen molar-refractivity contribution in [2.24, 2.45) is 7.05 Å². The first kappa shape index (κ1) is 11.2. The summed E-state index contributed by atoms with van der Waals surface area (Å²) >= 11 is 5.96. The zero-order valence-corrected chi connectivity index (χ0v) is 10.7. The fourth-order valence-corrected chi connectivity index (χ4v) is 2.20. The molecular formula is C12H12ClN5. The maximum Gasteiger partial charge on any atom is 0.152 e. The zero-order chi connectivity index (χ0) is 12.5. The van der Waals surface area contributed by atoms with Gasteiger partial charge in [-0.2, -0.15) is 0 Å². The highest BCUT2D eigenvalue weighted by Crippen LogP contribution is 2.18. The van der Waals surface area contributed by atoms with Crippen LogP contribution in [0.25, 0.3) is 11.0 Å². The van der Waals surface area contributed by atoms with E-state index in [0.717, 1.165) is 22.7 Å². The minimum absolute atomic E-state index is 0.381. The number of aryl methyl sites for hydroxylation is 1. The zero-order valence-electron chi connectivity index (χ0n) is 9.91. The molecule has 2 heterocycles. The number of benzene rings is 1. The van der Waals surface area contributed by atoms with Crippen molar-refractivity contribution < 1.29 is 0 Å². The van der Waals surface area contributed by atoms with E-state index in [9.17, 15) is 0 Å². The first-order valence-corrected chi connectivity index (χ1v) is 6.16. The van der Waals surface area contributed by atoms with E-state index in [2.05, 4.69) is 19.7 Å². The van der Waals surface area contributed by atoms with Crippen LogP contribution in [0.5, 0.6) is 0 Å². The maximum atomic E-state index is 5.96. The topological polar surface area (TPSA) is 48.5 Å². The van der Waals surface area contributed by atoms with Crippen LogP contribution in [0.3, 0.4) is 0 Å². The number of fused-ring (bicyclic) bond motifs is 1. The van der Waals surface area contributed by atoms with Crippen molar-refractivity contribution in [3.63, 3.8) is 0 Å². The smallest absolute Gasteiger partial charge is 0.152 e. The predicted octanol–water partition coefficient (Wildman–Crippen LogP) is 1.95. The van der Waals surface area contributed by atoms with Gasteiger partial charge in [0.2, 0.25) is 0 Å². The highest BCUT2D eigenvalue weighted by atomic mass is 35.5. The Morgan fingerprint density at radius 2 is 2.06 bits per heavy atom. The Labute approximate surface area is 109 Å². The van der Waals surface area contributed by atoms with E-state index in [4.69, 9.17) is 11.6 Å².